The second-order valence-corrected chi connectivity index (χ2v) is 4.72. The van der Waals surface area contributed by atoms with Gasteiger partial charge in [0.25, 0.3) is 0 Å². The van der Waals surface area contributed by atoms with Gasteiger partial charge in [0.05, 0.1) is 6.42 Å². The number of halogens is 1. The minimum Gasteiger partial charge on any atom is -0.369 e. The third-order valence-electron chi connectivity index (χ3n) is 2.54. The van der Waals surface area contributed by atoms with Gasteiger partial charge in [0.2, 0.25) is 5.91 Å². The standard InChI is InChI=1S/C14H12BrNO/c15-12-7-5-10(6-8-12)13-4-2-1-3-11(13)9-14(16)17/h1-8H,9H2,(H2,16,17). The highest BCUT2D eigenvalue weighted by Gasteiger charge is 2.06. The van der Waals surface area contributed by atoms with E-state index in [2.05, 4.69) is 15.9 Å². The van der Waals surface area contributed by atoms with Gasteiger partial charge in [-0.25, -0.2) is 0 Å². The zero-order valence-electron chi connectivity index (χ0n) is 9.19. The summed E-state index contributed by atoms with van der Waals surface area (Å²) in [6.07, 6.45) is 0.270. The lowest BCUT2D eigenvalue weighted by molar-refractivity contribution is -0.117. The summed E-state index contributed by atoms with van der Waals surface area (Å²) in [5.41, 5.74) is 8.35. The van der Waals surface area contributed by atoms with Crippen molar-refractivity contribution in [2.24, 2.45) is 5.73 Å². The predicted molar refractivity (Wildman–Crippen MR) is 72.5 cm³/mol. The lowest BCUT2D eigenvalue weighted by Crippen LogP contribution is -2.14. The first-order valence-electron chi connectivity index (χ1n) is 5.29. The molecule has 17 heavy (non-hydrogen) atoms. The van der Waals surface area contributed by atoms with Crippen LogP contribution in [-0.4, -0.2) is 5.91 Å². The van der Waals surface area contributed by atoms with Gasteiger partial charge in [-0.3, -0.25) is 4.79 Å². The molecule has 0 saturated heterocycles. The highest BCUT2D eigenvalue weighted by molar-refractivity contribution is 9.10. The van der Waals surface area contributed by atoms with Gasteiger partial charge in [-0.2, -0.15) is 0 Å². The highest BCUT2D eigenvalue weighted by Crippen LogP contribution is 2.25. The third kappa shape index (κ3) is 2.94. The molecule has 2 aromatic carbocycles. The minimum absolute atomic E-state index is 0.270. The summed E-state index contributed by atoms with van der Waals surface area (Å²) in [6, 6.07) is 15.8. The number of carbonyl (C=O) groups is 1. The van der Waals surface area contributed by atoms with Crippen molar-refractivity contribution in [2.45, 2.75) is 6.42 Å². The Balaban J connectivity index is 2.44. The van der Waals surface area contributed by atoms with E-state index >= 15 is 0 Å². The van der Waals surface area contributed by atoms with E-state index in [4.69, 9.17) is 5.73 Å². The van der Waals surface area contributed by atoms with E-state index in [1.165, 1.54) is 0 Å². The van der Waals surface area contributed by atoms with Crippen molar-refractivity contribution < 1.29 is 4.79 Å². The summed E-state index contributed by atoms with van der Waals surface area (Å²) < 4.78 is 1.04. The van der Waals surface area contributed by atoms with Gasteiger partial charge in [0.15, 0.2) is 0 Å². The van der Waals surface area contributed by atoms with Crippen molar-refractivity contribution in [3.05, 3.63) is 58.6 Å². The molecule has 0 saturated carbocycles. The molecule has 0 heterocycles. The van der Waals surface area contributed by atoms with Gasteiger partial charge in [0.1, 0.15) is 0 Å². The summed E-state index contributed by atoms with van der Waals surface area (Å²) in [5.74, 6) is -0.311. The van der Waals surface area contributed by atoms with Crippen LogP contribution in [0.3, 0.4) is 0 Å². The van der Waals surface area contributed by atoms with Crippen molar-refractivity contribution in [1.29, 1.82) is 0 Å². The zero-order valence-corrected chi connectivity index (χ0v) is 10.8. The molecule has 0 atom stereocenters. The fraction of sp³-hybridized carbons (Fsp3) is 0.0714. The molecule has 0 aliphatic carbocycles. The number of amides is 1. The van der Waals surface area contributed by atoms with Crippen molar-refractivity contribution in [3.8, 4) is 11.1 Å². The fourth-order valence-corrected chi connectivity index (χ4v) is 2.04. The maximum absolute atomic E-state index is 11.0. The Kier molecular flexibility index (Phi) is 3.59. The van der Waals surface area contributed by atoms with Crippen LogP contribution >= 0.6 is 15.9 Å². The molecule has 0 unspecified atom stereocenters. The number of nitrogens with two attached hydrogens (primary N) is 1. The first-order chi connectivity index (χ1) is 8.16. The summed E-state index contributed by atoms with van der Waals surface area (Å²) in [4.78, 5) is 11.0. The predicted octanol–water partition coefficient (Wildman–Crippen LogP) is 3.14. The van der Waals surface area contributed by atoms with Crippen LogP contribution in [0.1, 0.15) is 5.56 Å². The van der Waals surface area contributed by atoms with Crippen LogP contribution in [0.2, 0.25) is 0 Å². The molecule has 2 N–H and O–H groups in total. The van der Waals surface area contributed by atoms with Crippen LogP contribution in [-0.2, 0) is 11.2 Å². The van der Waals surface area contributed by atoms with E-state index in [-0.39, 0.29) is 12.3 Å². The monoisotopic (exact) mass is 289 g/mol. The van der Waals surface area contributed by atoms with Crippen molar-refractivity contribution >= 4 is 21.8 Å². The number of rotatable bonds is 3. The molecule has 86 valence electrons. The summed E-state index contributed by atoms with van der Waals surface area (Å²) in [7, 11) is 0. The summed E-state index contributed by atoms with van der Waals surface area (Å²) in [5, 5.41) is 0. The molecule has 0 aromatic heterocycles. The first kappa shape index (κ1) is 11.9. The van der Waals surface area contributed by atoms with Crippen LogP contribution in [0.5, 0.6) is 0 Å². The van der Waals surface area contributed by atoms with E-state index in [0.29, 0.717) is 0 Å². The summed E-state index contributed by atoms with van der Waals surface area (Å²) in [6.45, 7) is 0. The molecule has 0 aliphatic rings. The van der Waals surface area contributed by atoms with Crippen molar-refractivity contribution in [2.75, 3.05) is 0 Å². The molecule has 2 nitrogen and oxygen atoms in total. The Morgan fingerprint density at radius 2 is 1.71 bits per heavy atom. The van der Waals surface area contributed by atoms with Gasteiger partial charge >= 0.3 is 0 Å². The number of primary amides is 1. The lowest BCUT2D eigenvalue weighted by atomic mass is 9.98. The van der Waals surface area contributed by atoms with E-state index in [1.807, 2.05) is 48.5 Å². The first-order valence-corrected chi connectivity index (χ1v) is 6.08. The average molecular weight is 290 g/mol. The lowest BCUT2D eigenvalue weighted by Gasteiger charge is -2.08. The third-order valence-corrected chi connectivity index (χ3v) is 3.07. The zero-order chi connectivity index (χ0) is 12.3. The van der Waals surface area contributed by atoms with Crippen molar-refractivity contribution in [1.82, 2.24) is 0 Å². The highest BCUT2D eigenvalue weighted by atomic mass is 79.9. The topological polar surface area (TPSA) is 43.1 Å². The second kappa shape index (κ2) is 5.15. The van der Waals surface area contributed by atoms with Crippen LogP contribution in [0, 0.1) is 0 Å². The Hall–Kier alpha value is -1.61. The van der Waals surface area contributed by atoms with Crippen LogP contribution in [0.4, 0.5) is 0 Å². The number of hydrogen-bond acceptors (Lipinski definition) is 1. The SMILES string of the molecule is NC(=O)Cc1ccccc1-c1ccc(Br)cc1. The molecular formula is C14H12BrNO. The van der Waals surface area contributed by atoms with Gasteiger partial charge in [-0.15, -0.1) is 0 Å². The maximum Gasteiger partial charge on any atom is 0.221 e. The Morgan fingerprint density at radius 3 is 2.35 bits per heavy atom. The second-order valence-electron chi connectivity index (χ2n) is 3.81. The van der Waals surface area contributed by atoms with Crippen molar-refractivity contribution in [3.63, 3.8) is 0 Å². The molecule has 0 fully saturated rings. The van der Waals surface area contributed by atoms with Gasteiger partial charge < -0.3 is 5.73 Å². The summed E-state index contributed by atoms with van der Waals surface area (Å²) >= 11 is 3.40. The van der Waals surface area contributed by atoms with E-state index in [9.17, 15) is 4.79 Å². The van der Waals surface area contributed by atoms with Gasteiger partial charge in [-0.1, -0.05) is 52.3 Å². The molecule has 1 amide bonds. The van der Waals surface area contributed by atoms with Crippen LogP contribution < -0.4 is 5.73 Å². The van der Waals surface area contributed by atoms with Gasteiger partial charge in [-0.05, 0) is 28.8 Å². The Bertz CT molecular complexity index is 534. The number of hydrogen-bond donors (Lipinski definition) is 1. The molecule has 2 rings (SSSR count). The largest absolute Gasteiger partial charge is 0.369 e. The molecule has 0 radical (unpaired) electrons. The molecular weight excluding hydrogens is 278 g/mol. The van der Waals surface area contributed by atoms with E-state index < -0.39 is 0 Å². The normalized spacial score (nSPS) is 10.2. The van der Waals surface area contributed by atoms with E-state index in [1.54, 1.807) is 0 Å². The Morgan fingerprint density at radius 1 is 1.06 bits per heavy atom. The minimum atomic E-state index is -0.311. The fourth-order valence-electron chi connectivity index (χ4n) is 1.77. The average Bonchev–Trinajstić information content (AvgIpc) is 2.30. The molecule has 0 aliphatic heterocycles. The maximum atomic E-state index is 11.0. The molecule has 0 spiro atoms. The Labute approximate surface area is 109 Å². The number of carbonyl (C=O) groups excluding carboxylic acids is 1. The van der Waals surface area contributed by atoms with Crippen LogP contribution in [0.25, 0.3) is 11.1 Å². The molecule has 2 aromatic rings. The quantitative estimate of drug-likeness (QED) is 0.927. The smallest absolute Gasteiger partial charge is 0.221 e. The van der Waals surface area contributed by atoms with Gasteiger partial charge in [0, 0.05) is 4.47 Å². The van der Waals surface area contributed by atoms with E-state index in [0.717, 1.165) is 21.2 Å². The molecule has 3 heteroatoms. The van der Waals surface area contributed by atoms with Crippen LogP contribution in [0.15, 0.2) is 53.0 Å². The molecule has 0 bridgehead atoms. The number of benzene rings is 2.